The molecule has 2 aromatic rings. The minimum Gasteiger partial charge on any atom is -0.444 e. The Bertz CT molecular complexity index is 620. The van der Waals surface area contributed by atoms with Crippen molar-refractivity contribution in [3.05, 3.63) is 64.1 Å². The molecule has 0 aliphatic heterocycles. The lowest BCUT2D eigenvalue weighted by Gasteiger charge is -2.08. The monoisotopic (exact) mass is 258 g/mol. The molecule has 0 atom stereocenters. The Morgan fingerprint density at radius 3 is 2.68 bits per heavy atom. The third-order valence-electron chi connectivity index (χ3n) is 2.61. The van der Waals surface area contributed by atoms with E-state index in [2.05, 4.69) is 10.3 Å². The first-order chi connectivity index (χ1) is 9.16. The maximum absolute atomic E-state index is 11.6. The van der Waals surface area contributed by atoms with E-state index in [9.17, 15) is 9.59 Å². The molecule has 1 heterocycles. The maximum atomic E-state index is 11.6. The number of aromatic nitrogens is 1. The zero-order chi connectivity index (χ0) is 13.7. The number of anilines is 1. The molecule has 0 aliphatic rings. The summed E-state index contributed by atoms with van der Waals surface area (Å²) in [5.74, 6) is 0. The van der Waals surface area contributed by atoms with Gasteiger partial charge >= 0.3 is 6.09 Å². The molecule has 1 aromatic heterocycles. The second-order valence-corrected chi connectivity index (χ2v) is 4.05. The number of pyridine rings is 1. The standard InChI is InChI=1S/C14H14N2O3/c1-10-7-8-15-13(17)12(10)16-14(18)19-9-11-5-3-2-4-6-11/h2-8H,9H2,1H3,(H,15,17)(H,16,18). The van der Waals surface area contributed by atoms with Crippen LogP contribution >= 0.6 is 0 Å². The summed E-state index contributed by atoms with van der Waals surface area (Å²) in [7, 11) is 0. The third-order valence-corrected chi connectivity index (χ3v) is 2.61. The predicted molar refractivity (Wildman–Crippen MR) is 72.0 cm³/mol. The summed E-state index contributed by atoms with van der Waals surface area (Å²) in [4.78, 5) is 25.6. The Morgan fingerprint density at radius 2 is 2.00 bits per heavy atom. The van der Waals surface area contributed by atoms with E-state index in [0.717, 1.165) is 5.56 Å². The smallest absolute Gasteiger partial charge is 0.412 e. The molecule has 19 heavy (non-hydrogen) atoms. The number of carbonyl (C=O) groups is 1. The zero-order valence-corrected chi connectivity index (χ0v) is 10.5. The number of hydrogen-bond acceptors (Lipinski definition) is 3. The van der Waals surface area contributed by atoms with Gasteiger partial charge in [0.15, 0.2) is 0 Å². The number of hydrogen-bond donors (Lipinski definition) is 2. The fourth-order valence-corrected chi connectivity index (χ4v) is 1.59. The normalized spacial score (nSPS) is 9.95. The topological polar surface area (TPSA) is 71.2 Å². The number of H-pyrrole nitrogens is 1. The van der Waals surface area contributed by atoms with Crippen molar-refractivity contribution in [2.45, 2.75) is 13.5 Å². The van der Waals surface area contributed by atoms with Crippen LogP contribution in [0.25, 0.3) is 0 Å². The molecule has 98 valence electrons. The molecule has 5 nitrogen and oxygen atoms in total. The van der Waals surface area contributed by atoms with Gasteiger partial charge in [0, 0.05) is 6.20 Å². The van der Waals surface area contributed by atoms with Gasteiger partial charge < -0.3 is 9.72 Å². The van der Waals surface area contributed by atoms with Crippen LogP contribution in [0, 0.1) is 6.92 Å². The van der Waals surface area contributed by atoms with Gasteiger partial charge in [0.05, 0.1) is 0 Å². The third kappa shape index (κ3) is 3.45. The van der Waals surface area contributed by atoms with Crippen molar-refractivity contribution < 1.29 is 9.53 Å². The van der Waals surface area contributed by atoms with Gasteiger partial charge in [-0.2, -0.15) is 0 Å². The second-order valence-electron chi connectivity index (χ2n) is 4.05. The van der Waals surface area contributed by atoms with Gasteiger partial charge in [0.25, 0.3) is 5.56 Å². The summed E-state index contributed by atoms with van der Waals surface area (Å²) in [6.45, 7) is 1.90. The van der Waals surface area contributed by atoms with Crippen molar-refractivity contribution in [2.24, 2.45) is 0 Å². The number of carbonyl (C=O) groups excluding carboxylic acids is 1. The Kier molecular flexibility index (Phi) is 3.97. The molecule has 5 heteroatoms. The van der Waals surface area contributed by atoms with Gasteiger partial charge in [0.1, 0.15) is 12.3 Å². The summed E-state index contributed by atoms with van der Waals surface area (Å²) in [6, 6.07) is 11.0. The zero-order valence-electron chi connectivity index (χ0n) is 10.5. The Morgan fingerprint density at radius 1 is 1.26 bits per heavy atom. The molecule has 0 spiro atoms. The number of aryl methyl sites for hydroxylation is 1. The van der Waals surface area contributed by atoms with E-state index in [1.54, 1.807) is 13.0 Å². The van der Waals surface area contributed by atoms with Crippen LogP contribution in [-0.4, -0.2) is 11.1 Å². The molecule has 0 fully saturated rings. The minimum absolute atomic E-state index is 0.163. The van der Waals surface area contributed by atoms with Crippen molar-refractivity contribution in [1.29, 1.82) is 0 Å². The summed E-state index contributed by atoms with van der Waals surface area (Å²) >= 11 is 0. The van der Waals surface area contributed by atoms with Crippen LogP contribution in [0.2, 0.25) is 0 Å². The van der Waals surface area contributed by atoms with Crippen LogP contribution in [-0.2, 0) is 11.3 Å². The van der Waals surface area contributed by atoms with Crippen LogP contribution in [0.3, 0.4) is 0 Å². The van der Waals surface area contributed by atoms with Crippen molar-refractivity contribution in [2.75, 3.05) is 5.32 Å². The number of amides is 1. The van der Waals surface area contributed by atoms with Gasteiger partial charge in [-0.25, -0.2) is 4.79 Å². The van der Waals surface area contributed by atoms with Crippen molar-refractivity contribution in [1.82, 2.24) is 4.98 Å². The van der Waals surface area contributed by atoms with Crippen LogP contribution in [0.15, 0.2) is 47.4 Å². The molecule has 2 rings (SSSR count). The van der Waals surface area contributed by atoms with Crippen LogP contribution in [0.5, 0.6) is 0 Å². The van der Waals surface area contributed by atoms with Gasteiger partial charge in [0.2, 0.25) is 0 Å². The molecule has 2 N–H and O–H groups in total. The number of rotatable bonds is 3. The highest BCUT2D eigenvalue weighted by molar-refractivity contribution is 5.85. The van der Waals surface area contributed by atoms with Crippen molar-refractivity contribution >= 4 is 11.8 Å². The molecular weight excluding hydrogens is 244 g/mol. The Labute approximate surface area is 110 Å². The van der Waals surface area contributed by atoms with Crippen LogP contribution in [0.1, 0.15) is 11.1 Å². The van der Waals surface area contributed by atoms with E-state index < -0.39 is 6.09 Å². The van der Waals surface area contributed by atoms with Crippen molar-refractivity contribution in [3.8, 4) is 0 Å². The number of nitrogens with one attached hydrogen (secondary N) is 2. The molecule has 0 radical (unpaired) electrons. The van der Waals surface area contributed by atoms with Crippen LogP contribution < -0.4 is 10.9 Å². The Balaban J connectivity index is 1.97. The highest BCUT2D eigenvalue weighted by Crippen LogP contribution is 2.07. The fraction of sp³-hybridized carbons (Fsp3) is 0.143. The first kappa shape index (κ1) is 12.9. The predicted octanol–water partition coefficient (Wildman–Crippen LogP) is 2.43. The molecule has 0 saturated carbocycles. The quantitative estimate of drug-likeness (QED) is 0.888. The minimum atomic E-state index is -0.649. The molecular formula is C14H14N2O3. The highest BCUT2D eigenvalue weighted by atomic mass is 16.5. The first-order valence-electron chi connectivity index (χ1n) is 5.83. The average Bonchev–Trinajstić information content (AvgIpc) is 2.42. The fourth-order valence-electron chi connectivity index (χ4n) is 1.59. The van der Waals surface area contributed by atoms with Crippen molar-refractivity contribution in [3.63, 3.8) is 0 Å². The summed E-state index contributed by atoms with van der Waals surface area (Å²) in [5, 5.41) is 2.44. The second kappa shape index (κ2) is 5.86. The lowest BCUT2D eigenvalue weighted by molar-refractivity contribution is 0.155. The van der Waals surface area contributed by atoms with Gasteiger partial charge in [-0.05, 0) is 24.1 Å². The summed E-state index contributed by atoms with van der Waals surface area (Å²) < 4.78 is 5.04. The lowest BCUT2D eigenvalue weighted by atomic mass is 10.2. The van der Waals surface area contributed by atoms with E-state index in [1.165, 1.54) is 6.20 Å². The molecule has 1 amide bonds. The summed E-state index contributed by atoms with van der Waals surface area (Å²) in [5.41, 5.74) is 1.42. The van der Waals surface area contributed by atoms with E-state index in [0.29, 0.717) is 5.56 Å². The molecule has 0 unspecified atom stereocenters. The van der Waals surface area contributed by atoms with Gasteiger partial charge in [-0.3, -0.25) is 10.1 Å². The van der Waals surface area contributed by atoms with Gasteiger partial charge in [-0.1, -0.05) is 30.3 Å². The number of ether oxygens (including phenoxy) is 1. The average molecular weight is 258 g/mol. The van der Waals surface area contributed by atoms with Gasteiger partial charge in [-0.15, -0.1) is 0 Å². The molecule has 0 saturated heterocycles. The highest BCUT2D eigenvalue weighted by Gasteiger charge is 2.09. The Hall–Kier alpha value is -2.56. The van der Waals surface area contributed by atoms with E-state index in [-0.39, 0.29) is 17.9 Å². The number of aromatic amines is 1. The molecule has 0 bridgehead atoms. The first-order valence-corrected chi connectivity index (χ1v) is 5.83. The molecule has 0 aliphatic carbocycles. The summed E-state index contributed by atoms with van der Waals surface area (Å²) in [6.07, 6.45) is 0.877. The lowest BCUT2D eigenvalue weighted by Crippen LogP contribution is -2.21. The number of benzene rings is 1. The van der Waals surface area contributed by atoms with Crippen LogP contribution in [0.4, 0.5) is 10.5 Å². The van der Waals surface area contributed by atoms with E-state index >= 15 is 0 Å². The maximum Gasteiger partial charge on any atom is 0.412 e. The van der Waals surface area contributed by atoms with E-state index in [4.69, 9.17) is 4.74 Å². The van der Waals surface area contributed by atoms with E-state index in [1.807, 2.05) is 30.3 Å². The molecule has 1 aromatic carbocycles. The SMILES string of the molecule is Cc1cc[nH]c(=O)c1NC(=O)OCc1ccccc1. The largest absolute Gasteiger partial charge is 0.444 e.